The summed E-state index contributed by atoms with van der Waals surface area (Å²) in [6, 6.07) is 6.11. The zero-order valence-corrected chi connectivity index (χ0v) is 10.0. The number of aryl methyl sites for hydroxylation is 2. The molecule has 2 heteroatoms. The Morgan fingerprint density at radius 1 is 1.27 bits per heavy atom. The monoisotopic (exact) mass is 207 g/mol. The van der Waals surface area contributed by atoms with Gasteiger partial charge in [0.2, 0.25) is 0 Å². The van der Waals surface area contributed by atoms with Crippen molar-refractivity contribution in [3.8, 4) is 0 Å². The van der Waals surface area contributed by atoms with E-state index in [0.717, 1.165) is 5.56 Å². The highest BCUT2D eigenvalue weighted by atomic mass is 16.3. The van der Waals surface area contributed by atoms with Gasteiger partial charge < -0.3 is 10.8 Å². The number of benzene rings is 1. The second-order valence-electron chi connectivity index (χ2n) is 4.97. The largest absolute Gasteiger partial charge is 0.396 e. The van der Waals surface area contributed by atoms with Crippen LogP contribution in [0.1, 0.15) is 36.6 Å². The molecular formula is C13H21NO. The van der Waals surface area contributed by atoms with Gasteiger partial charge in [-0.15, -0.1) is 0 Å². The summed E-state index contributed by atoms with van der Waals surface area (Å²) in [5.74, 6) is 0. The van der Waals surface area contributed by atoms with E-state index in [2.05, 4.69) is 26.0 Å². The standard InChI is InChI=1S/C13H21NO/c1-9-5-6-11(7-10(9)2)12(14)13(3,4)8-15/h5-7,12,15H,8,14H2,1-4H3/t12-/m1/s1. The molecule has 0 saturated carbocycles. The Kier molecular flexibility index (Phi) is 3.53. The van der Waals surface area contributed by atoms with Gasteiger partial charge in [-0.3, -0.25) is 0 Å². The van der Waals surface area contributed by atoms with E-state index in [-0.39, 0.29) is 18.1 Å². The third-order valence-corrected chi connectivity index (χ3v) is 3.14. The maximum absolute atomic E-state index is 9.27. The second kappa shape index (κ2) is 4.33. The molecule has 0 radical (unpaired) electrons. The van der Waals surface area contributed by atoms with Crippen LogP contribution in [0.15, 0.2) is 18.2 Å². The molecule has 1 atom stereocenters. The predicted octanol–water partition coefficient (Wildman–Crippen LogP) is 2.32. The normalized spacial score (nSPS) is 14.0. The van der Waals surface area contributed by atoms with Crippen molar-refractivity contribution in [1.82, 2.24) is 0 Å². The minimum atomic E-state index is -0.276. The van der Waals surface area contributed by atoms with Crippen LogP contribution in [0, 0.1) is 19.3 Å². The molecule has 84 valence electrons. The van der Waals surface area contributed by atoms with Gasteiger partial charge in [-0.1, -0.05) is 32.0 Å². The van der Waals surface area contributed by atoms with Crippen LogP contribution in [0.4, 0.5) is 0 Å². The first-order valence-electron chi connectivity index (χ1n) is 5.32. The molecule has 0 aliphatic carbocycles. The van der Waals surface area contributed by atoms with Crippen molar-refractivity contribution in [2.24, 2.45) is 11.1 Å². The highest BCUT2D eigenvalue weighted by Crippen LogP contribution is 2.31. The average molecular weight is 207 g/mol. The molecule has 0 spiro atoms. The van der Waals surface area contributed by atoms with Crippen molar-refractivity contribution < 1.29 is 5.11 Å². The lowest BCUT2D eigenvalue weighted by Gasteiger charge is -2.30. The van der Waals surface area contributed by atoms with E-state index < -0.39 is 0 Å². The maximum Gasteiger partial charge on any atom is 0.0500 e. The van der Waals surface area contributed by atoms with Gasteiger partial charge >= 0.3 is 0 Å². The van der Waals surface area contributed by atoms with Gasteiger partial charge in [-0.25, -0.2) is 0 Å². The molecule has 0 bridgehead atoms. The predicted molar refractivity (Wildman–Crippen MR) is 63.7 cm³/mol. The van der Waals surface area contributed by atoms with Crippen LogP contribution < -0.4 is 5.73 Å². The summed E-state index contributed by atoms with van der Waals surface area (Å²) in [7, 11) is 0. The molecule has 0 aliphatic rings. The first kappa shape index (κ1) is 12.2. The molecule has 0 heterocycles. The fourth-order valence-electron chi connectivity index (χ4n) is 1.51. The zero-order chi connectivity index (χ0) is 11.6. The third-order valence-electron chi connectivity index (χ3n) is 3.14. The van der Waals surface area contributed by atoms with E-state index in [1.807, 2.05) is 19.9 Å². The first-order chi connectivity index (χ1) is 6.88. The minimum Gasteiger partial charge on any atom is -0.396 e. The van der Waals surface area contributed by atoms with Gasteiger partial charge in [0, 0.05) is 18.1 Å². The lowest BCUT2D eigenvalue weighted by molar-refractivity contribution is 0.132. The highest BCUT2D eigenvalue weighted by molar-refractivity contribution is 5.32. The number of hydrogen-bond donors (Lipinski definition) is 2. The van der Waals surface area contributed by atoms with Crippen molar-refractivity contribution in [3.05, 3.63) is 34.9 Å². The molecule has 1 rings (SSSR count). The zero-order valence-electron chi connectivity index (χ0n) is 10.0. The third kappa shape index (κ3) is 2.58. The van der Waals surface area contributed by atoms with Crippen LogP contribution in [0.25, 0.3) is 0 Å². The van der Waals surface area contributed by atoms with E-state index in [4.69, 9.17) is 5.73 Å². The van der Waals surface area contributed by atoms with Gasteiger partial charge in [0.1, 0.15) is 0 Å². The Hall–Kier alpha value is -0.860. The summed E-state index contributed by atoms with van der Waals surface area (Å²) in [5, 5.41) is 9.27. The summed E-state index contributed by atoms with van der Waals surface area (Å²) in [5.41, 5.74) is 9.48. The fraction of sp³-hybridized carbons (Fsp3) is 0.538. The van der Waals surface area contributed by atoms with E-state index in [0.29, 0.717) is 0 Å². The Morgan fingerprint density at radius 2 is 1.87 bits per heavy atom. The SMILES string of the molecule is Cc1ccc([C@@H](N)C(C)(C)CO)cc1C. The van der Waals surface area contributed by atoms with Crippen LogP contribution >= 0.6 is 0 Å². The number of nitrogens with two attached hydrogens (primary N) is 1. The minimum absolute atomic E-state index is 0.0983. The van der Waals surface area contributed by atoms with E-state index in [1.54, 1.807) is 0 Å². The van der Waals surface area contributed by atoms with Crippen LogP contribution in [0.2, 0.25) is 0 Å². The van der Waals surface area contributed by atoms with Gasteiger partial charge in [0.25, 0.3) is 0 Å². The van der Waals surface area contributed by atoms with E-state index in [1.165, 1.54) is 11.1 Å². The molecule has 1 aromatic rings. The molecule has 0 unspecified atom stereocenters. The van der Waals surface area contributed by atoms with Crippen molar-refractivity contribution in [2.75, 3.05) is 6.61 Å². The Morgan fingerprint density at radius 3 is 2.33 bits per heavy atom. The summed E-state index contributed by atoms with van der Waals surface area (Å²) >= 11 is 0. The number of aliphatic hydroxyl groups excluding tert-OH is 1. The van der Waals surface area contributed by atoms with Gasteiger partial charge in [0.05, 0.1) is 0 Å². The Balaban J connectivity index is 3.02. The number of aliphatic hydroxyl groups is 1. The summed E-state index contributed by atoms with van der Waals surface area (Å²) in [4.78, 5) is 0. The van der Waals surface area contributed by atoms with Crippen molar-refractivity contribution >= 4 is 0 Å². The van der Waals surface area contributed by atoms with Crippen molar-refractivity contribution in [1.29, 1.82) is 0 Å². The average Bonchev–Trinajstić information content (AvgIpc) is 2.21. The molecule has 0 aromatic heterocycles. The van der Waals surface area contributed by atoms with Gasteiger partial charge in [-0.2, -0.15) is 0 Å². The molecule has 2 nitrogen and oxygen atoms in total. The maximum atomic E-state index is 9.27. The van der Waals surface area contributed by atoms with Gasteiger partial charge in [-0.05, 0) is 30.5 Å². The van der Waals surface area contributed by atoms with Crippen LogP contribution in [0.3, 0.4) is 0 Å². The number of rotatable bonds is 3. The first-order valence-corrected chi connectivity index (χ1v) is 5.32. The van der Waals surface area contributed by atoms with Crippen LogP contribution in [-0.4, -0.2) is 11.7 Å². The summed E-state index contributed by atoms with van der Waals surface area (Å²) in [6.07, 6.45) is 0. The molecule has 15 heavy (non-hydrogen) atoms. The second-order valence-corrected chi connectivity index (χ2v) is 4.97. The molecule has 1 aromatic carbocycles. The Labute approximate surface area is 92.1 Å². The molecule has 0 fully saturated rings. The quantitative estimate of drug-likeness (QED) is 0.799. The van der Waals surface area contributed by atoms with E-state index in [9.17, 15) is 5.11 Å². The lowest BCUT2D eigenvalue weighted by atomic mass is 9.81. The van der Waals surface area contributed by atoms with Crippen LogP contribution in [0.5, 0.6) is 0 Å². The van der Waals surface area contributed by atoms with Gasteiger partial charge in [0.15, 0.2) is 0 Å². The topological polar surface area (TPSA) is 46.2 Å². The smallest absolute Gasteiger partial charge is 0.0500 e. The summed E-state index contributed by atoms with van der Waals surface area (Å²) < 4.78 is 0. The fourth-order valence-corrected chi connectivity index (χ4v) is 1.51. The van der Waals surface area contributed by atoms with Crippen molar-refractivity contribution in [3.63, 3.8) is 0 Å². The molecule has 0 amide bonds. The summed E-state index contributed by atoms with van der Waals surface area (Å²) in [6.45, 7) is 8.22. The highest BCUT2D eigenvalue weighted by Gasteiger charge is 2.26. The molecule has 3 N–H and O–H groups in total. The van der Waals surface area contributed by atoms with Crippen molar-refractivity contribution in [2.45, 2.75) is 33.7 Å². The molecular weight excluding hydrogens is 186 g/mol. The van der Waals surface area contributed by atoms with Crippen LogP contribution in [-0.2, 0) is 0 Å². The molecule has 0 aliphatic heterocycles. The molecule has 0 saturated heterocycles. The Bertz CT molecular complexity index is 344. The lowest BCUT2D eigenvalue weighted by Crippen LogP contribution is -2.32. The van der Waals surface area contributed by atoms with E-state index >= 15 is 0 Å². The number of hydrogen-bond acceptors (Lipinski definition) is 2.